The maximum atomic E-state index is 12.9. The number of nitrogens with zero attached hydrogens (tertiary/aromatic N) is 1. The van der Waals surface area contributed by atoms with Gasteiger partial charge in [-0.1, -0.05) is 35.9 Å². The summed E-state index contributed by atoms with van der Waals surface area (Å²) in [6, 6.07) is 12.9. The first-order chi connectivity index (χ1) is 13.3. The van der Waals surface area contributed by atoms with Gasteiger partial charge in [0.25, 0.3) is 5.91 Å². The van der Waals surface area contributed by atoms with E-state index in [1.807, 2.05) is 6.92 Å². The summed E-state index contributed by atoms with van der Waals surface area (Å²) in [5.74, 6) is -0.495. The number of hydrogen-bond donors (Lipinski definition) is 2. The van der Waals surface area contributed by atoms with Crippen LogP contribution in [0.15, 0.2) is 48.5 Å². The fourth-order valence-electron chi connectivity index (χ4n) is 3.00. The molecular weight excluding hydrogens is 382 g/mol. The van der Waals surface area contributed by atoms with Crippen LogP contribution in [0.1, 0.15) is 19.4 Å². The van der Waals surface area contributed by atoms with Crippen LogP contribution in [0.5, 0.6) is 5.75 Å². The van der Waals surface area contributed by atoms with Gasteiger partial charge in [-0.2, -0.15) is 0 Å². The Labute approximate surface area is 167 Å². The normalized spacial score (nSPS) is 18.8. The van der Waals surface area contributed by atoms with Crippen molar-refractivity contribution in [2.75, 3.05) is 18.5 Å². The van der Waals surface area contributed by atoms with Gasteiger partial charge in [0.15, 0.2) is 0 Å². The standard InChI is InChI=1S/C20H20ClN3O4/c1-3-28-16-7-5-4-6-15(16)22-17(25)12-24-18(26)20(2,23-19(24)27)13-8-10-14(21)11-9-13/h4-11H,3,12H2,1-2H3,(H,22,25)(H,23,27)/t20-/m0/s1. The summed E-state index contributed by atoms with van der Waals surface area (Å²) in [7, 11) is 0. The zero-order valence-corrected chi connectivity index (χ0v) is 16.2. The van der Waals surface area contributed by atoms with Crippen LogP contribution in [-0.4, -0.2) is 35.9 Å². The highest BCUT2D eigenvalue weighted by Gasteiger charge is 2.49. The molecule has 0 unspecified atom stereocenters. The quantitative estimate of drug-likeness (QED) is 0.728. The van der Waals surface area contributed by atoms with E-state index < -0.39 is 29.9 Å². The minimum Gasteiger partial charge on any atom is -0.492 e. The maximum absolute atomic E-state index is 12.9. The Bertz CT molecular complexity index is 916. The minimum absolute atomic E-state index is 0.408. The molecule has 8 heteroatoms. The summed E-state index contributed by atoms with van der Waals surface area (Å²) in [6.45, 7) is 3.47. The summed E-state index contributed by atoms with van der Waals surface area (Å²) in [5, 5.41) is 5.86. The summed E-state index contributed by atoms with van der Waals surface area (Å²) >= 11 is 5.89. The largest absolute Gasteiger partial charge is 0.492 e. The molecule has 146 valence electrons. The average molecular weight is 402 g/mol. The number of carbonyl (C=O) groups is 3. The Balaban J connectivity index is 1.74. The number of nitrogens with one attached hydrogen (secondary N) is 2. The van der Waals surface area contributed by atoms with Crippen molar-refractivity contribution in [2.24, 2.45) is 0 Å². The van der Waals surface area contributed by atoms with E-state index in [1.54, 1.807) is 55.5 Å². The van der Waals surface area contributed by atoms with Gasteiger partial charge in [-0.25, -0.2) is 4.79 Å². The molecule has 28 heavy (non-hydrogen) atoms. The van der Waals surface area contributed by atoms with Crippen molar-refractivity contribution in [3.63, 3.8) is 0 Å². The van der Waals surface area contributed by atoms with Crippen molar-refractivity contribution >= 4 is 35.1 Å². The topological polar surface area (TPSA) is 87.7 Å². The lowest BCUT2D eigenvalue weighted by Gasteiger charge is -2.22. The molecule has 7 nitrogen and oxygen atoms in total. The molecular formula is C20H20ClN3O4. The molecule has 3 rings (SSSR count). The zero-order chi connectivity index (χ0) is 20.3. The molecule has 0 radical (unpaired) electrons. The predicted molar refractivity (Wildman–Crippen MR) is 105 cm³/mol. The highest BCUT2D eigenvalue weighted by atomic mass is 35.5. The predicted octanol–water partition coefficient (Wildman–Crippen LogP) is 3.14. The molecule has 1 fully saturated rings. The van der Waals surface area contributed by atoms with E-state index in [0.717, 1.165) is 4.90 Å². The molecule has 2 N–H and O–H groups in total. The van der Waals surface area contributed by atoms with Gasteiger partial charge in [0.2, 0.25) is 5.91 Å². The maximum Gasteiger partial charge on any atom is 0.325 e. The first-order valence-electron chi connectivity index (χ1n) is 8.77. The first-order valence-corrected chi connectivity index (χ1v) is 9.14. The summed E-state index contributed by atoms with van der Waals surface area (Å²) < 4.78 is 5.47. The van der Waals surface area contributed by atoms with E-state index in [2.05, 4.69) is 10.6 Å². The molecule has 1 aliphatic heterocycles. The van der Waals surface area contributed by atoms with E-state index in [0.29, 0.717) is 28.6 Å². The van der Waals surface area contributed by atoms with Gasteiger partial charge in [0.05, 0.1) is 12.3 Å². The minimum atomic E-state index is -1.26. The lowest BCUT2D eigenvalue weighted by atomic mass is 9.92. The molecule has 0 aromatic heterocycles. The van der Waals surface area contributed by atoms with Crippen LogP contribution in [0.25, 0.3) is 0 Å². The van der Waals surface area contributed by atoms with Crippen molar-refractivity contribution in [1.82, 2.24) is 10.2 Å². The highest BCUT2D eigenvalue weighted by molar-refractivity contribution is 6.30. The number of rotatable bonds is 6. The second-order valence-corrected chi connectivity index (χ2v) is 6.87. The molecule has 1 atom stereocenters. The monoisotopic (exact) mass is 401 g/mol. The Morgan fingerprint density at radius 1 is 1.18 bits per heavy atom. The lowest BCUT2D eigenvalue weighted by molar-refractivity contribution is -0.133. The third-order valence-corrected chi connectivity index (χ3v) is 4.71. The molecule has 0 bridgehead atoms. The molecule has 1 saturated heterocycles. The number of amides is 4. The number of para-hydroxylation sites is 2. The van der Waals surface area contributed by atoms with Crippen molar-refractivity contribution in [3.05, 3.63) is 59.1 Å². The van der Waals surface area contributed by atoms with Crippen LogP contribution in [-0.2, 0) is 15.1 Å². The van der Waals surface area contributed by atoms with Gasteiger partial charge < -0.3 is 15.4 Å². The molecule has 0 spiro atoms. The number of imide groups is 1. The number of ether oxygens (including phenoxy) is 1. The van der Waals surface area contributed by atoms with E-state index in [4.69, 9.17) is 16.3 Å². The van der Waals surface area contributed by atoms with Gasteiger partial charge in [0.1, 0.15) is 17.8 Å². The lowest BCUT2D eigenvalue weighted by Crippen LogP contribution is -2.42. The van der Waals surface area contributed by atoms with Gasteiger partial charge in [-0.3, -0.25) is 14.5 Å². The molecule has 4 amide bonds. The van der Waals surface area contributed by atoms with Crippen molar-refractivity contribution in [2.45, 2.75) is 19.4 Å². The number of hydrogen-bond acceptors (Lipinski definition) is 4. The molecule has 0 aliphatic carbocycles. The first kappa shape index (κ1) is 19.7. The molecule has 2 aromatic rings. The molecule has 0 saturated carbocycles. The summed E-state index contributed by atoms with van der Waals surface area (Å²) in [4.78, 5) is 38.6. The van der Waals surface area contributed by atoms with Crippen molar-refractivity contribution in [3.8, 4) is 5.75 Å². The van der Waals surface area contributed by atoms with E-state index >= 15 is 0 Å². The zero-order valence-electron chi connectivity index (χ0n) is 15.5. The Morgan fingerprint density at radius 3 is 2.54 bits per heavy atom. The number of carbonyl (C=O) groups excluding carboxylic acids is 3. The van der Waals surface area contributed by atoms with Gasteiger partial charge in [-0.15, -0.1) is 0 Å². The van der Waals surface area contributed by atoms with Crippen LogP contribution < -0.4 is 15.4 Å². The smallest absolute Gasteiger partial charge is 0.325 e. The number of benzene rings is 2. The third kappa shape index (κ3) is 3.80. The molecule has 1 heterocycles. The fraction of sp³-hybridized carbons (Fsp3) is 0.250. The van der Waals surface area contributed by atoms with Crippen LogP contribution in [0, 0.1) is 0 Å². The summed E-state index contributed by atoms with van der Waals surface area (Å²) in [5.41, 5.74) is -0.202. The number of halogens is 1. The van der Waals surface area contributed by atoms with Crippen LogP contribution >= 0.6 is 11.6 Å². The number of urea groups is 1. The summed E-state index contributed by atoms with van der Waals surface area (Å²) in [6.07, 6.45) is 0. The molecule has 2 aromatic carbocycles. The second-order valence-electron chi connectivity index (χ2n) is 6.43. The van der Waals surface area contributed by atoms with Gasteiger partial charge in [0, 0.05) is 5.02 Å². The van der Waals surface area contributed by atoms with E-state index in [-0.39, 0.29) is 0 Å². The van der Waals surface area contributed by atoms with E-state index in [9.17, 15) is 14.4 Å². The van der Waals surface area contributed by atoms with Crippen molar-refractivity contribution < 1.29 is 19.1 Å². The number of anilines is 1. The second kappa shape index (κ2) is 7.90. The van der Waals surface area contributed by atoms with Crippen LogP contribution in [0.4, 0.5) is 10.5 Å². The van der Waals surface area contributed by atoms with Crippen LogP contribution in [0.3, 0.4) is 0 Å². The highest BCUT2D eigenvalue weighted by Crippen LogP contribution is 2.30. The molecule has 1 aliphatic rings. The van der Waals surface area contributed by atoms with Gasteiger partial charge in [-0.05, 0) is 43.7 Å². The van der Waals surface area contributed by atoms with Gasteiger partial charge >= 0.3 is 6.03 Å². The van der Waals surface area contributed by atoms with E-state index in [1.165, 1.54) is 0 Å². The Hall–Kier alpha value is -3.06. The average Bonchev–Trinajstić information content (AvgIpc) is 2.88. The third-order valence-electron chi connectivity index (χ3n) is 4.46. The fourth-order valence-corrected chi connectivity index (χ4v) is 3.13. The van der Waals surface area contributed by atoms with Crippen LogP contribution in [0.2, 0.25) is 5.02 Å². The Kier molecular flexibility index (Phi) is 5.56. The SMILES string of the molecule is CCOc1ccccc1NC(=O)CN1C(=O)N[C@@](C)(c2ccc(Cl)cc2)C1=O. The van der Waals surface area contributed by atoms with Crippen molar-refractivity contribution in [1.29, 1.82) is 0 Å². The Morgan fingerprint density at radius 2 is 1.86 bits per heavy atom.